The number of hydrogen-bond acceptors (Lipinski definition) is 5. The summed E-state index contributed by atoms with van der Waals surface area (Å²) in [6.45, 7) is 12.9. The van der Waals surface area contributed by atoms with Crippen LogP contribution in [0.15, 0.2) is 18.2 Å². The molecule has 0 bridgehead atoms. The van der Waals surface area contributed by atoms with Gasteiger partial charge in [0.1, 0.15) is 0 Å². The summed E-state index contributed by atoms with van der Waals surface area (Å²) >= 11 is 0. The van der Waals surface area contributed by atoms with E-state index in [2.05, 4.69) is 18.2 Å². The van der Waals surface area contributed by atoms with Crippen LogP contribution in [-0.4, -0.2) is 61.4 Å². The monoisotopic (exact) mass is 384 g/mol. The van der Waals surface area contributed by atoms with Crippen LogP contribution in [0.25, 0.3) is 0 Å². The summed E-state index contributed by atoms with van der Waals surface area (Å²) in [7, 11) is -2.33. The molecule has 0 N–H and O–H groups in total. The largest absolute Gasteiger partial charge is 0.537 e. The van der Waals surface area contributed by atoms with Crippen molar-refractivity contribution in [3.63, 3.8) is 0 Å². The second-order valence-corrected chi connectivity index (χ2v) is 9.42. The molecule has 0 saturated carbocycles. The Labute approximate surface area is 152 Å². The first-order chi connectivity index (χ1) is 11.7. The van der Waals surface area contributed by atoms with Gasteiger partial charge in [0, 0.05) is 38.2 Å². The lowest BCUT2D eigenvalue weighted by molar-refractivity contribution is 0.0859. The molecule has 0 fully saturated rings. The predicted octanol–water partition coefficient (Wildman–Crippen LogP) is 0.504. The van der Waals surface area contributed by atoms with Crippen molar-refractivity contribution in [2.45, 2.75) is 34.6 Å². The van der Waals surface area contributed by atoms with Gasteiger partial charge in [0.25, 0.3) is 19.5 Å². The molecule has 0 atom stereocenters. The normalized spacial score (nSPS) is 11.9. The van der Waals surface area contributed by atoms with E-state index in [4.69, 9.17) is 22.1 Å². The average Bonchev–Trinajstić information content (AvgIpc) is 2.58. The molecule has 0 aliphatic carbocycles. The Morgan fingerprint density at radius 1 is 0.667 bits per heavy atom. The highest BCUT2D eigenvalue weighted by Gasteiger charge is 2.43. The minimum atomic E-state index is -2.92. The van der Waals surface area contributed by atoms with Crippen LogP contribution in [0, 0.1) is 0 Å². The van der Waals surface area contributed by atoms with Gasteiger partial charge in [-0.25, -0.2) is 0 Å². The van der Waals surface area contributed by atoms with E-state index in [0.29, 0.717) is 52.6 Å². The molecule has 8 heteroatoms. The van der Waals surface area contributed by atoms with Crippen LogP contribution in [0.3, 0.4) is 0 Å². The lowest BCUT2D eigenvalue weighted by Gasteiger charge is -2.29. The molecule has 0 heterocycles. The number of benzene rings is 1. The van der Waals surface area contributed by atoms with Crippen molar-refractivity contribution in [1.82, 2.24) is 0 Å². The van der Waals surface area contributed by atoms with Gasteiger partial charge in [0.05, 0.1) is 0 Å². The number of hydrogen-bond donors (Lipinski definition) is 0. The Balaban J connectivity index is 3.26. The van der Waals surface area contributed by atoms with E-state index in [1.54, 1.807) is 0 Å². The topological polar surface area (TPSA) is 46.2 Å². The molecule has 4 radical (unpaired) electrons. The van der Waals surface area contributed by atoms with E-state index in [1.165, 1.54) is 0 Å². The molecule has 0 unspecified atom stereocenters. The summed E-state index contributed by atoms with van der Waals surface area (Å²) in [5.74, 6) is 0. The highest BCUT2D eigenvalue weighted by molar-refractivity contribution is 6.76. The van der Waals surface area contributed by atoms with Crippen LogP contribution in [0.2, 0.25) is 0 Å². The van der Waals surface area contributed by atoms with Crippen molar-refractivity contribution in [2.24, 2.45) is 0 Å². The quantitative estimate of drug-likeness (QED) is 0.464. The van der Waals surface area contributed by atoms with Gasteiger partial charge >= 0.3 is 8.80 Å². The van der Waals surface area contributed by atoms with Gasteiger partial charge in [-0.05, 0) is 45.0 Å². The fourth-order valence-corrected chi connectivity index (χ4v) is 6.65. The standard InChI is InChI=1S/C16H28O5Si3/c1-6-17-22-14-11-15(23-18-7-2)13-16(12-14)24(19-8-3,20-9-4)21-10-5/h11-13H,6-10H2,1-5H3. The number of rotatable bonds is 13. The van der Waals surface area contributed by atoms with Gasteiger partial charge in [0.15, 0.2) is 0 Å². The Morgan fingerprint density at radius 2 is 1.08 bits per heavy atom. The maximum Gasteiger partial charge on any atom is 0.537 e. The average molecular weight is 385 g/mol. The van der Waals surface area contributed by atoms with Crippen molar-refractivity contribution in [3.05, 3.63) is 18.2 Å². The molecule has 0 aliphatic heterocycles. The fraction of sp³-hybridized carbons (Fsp3) is 0.625. The van der Waals surface area contributed by atoms with Crippen molar-refractivity contribution in [2.75, 3.05) is 33.0 Å². The molecule has 0 amide bonds. The van der Waals surface area contributed by atoms with Gasteiger partial charge in [-0.15, -0.1) is 0 Å². The Morgan fingerprint density at radius 3 is 1.42 bits per heavy atom. The molecule has 0 saturated heterocycles. The first kappa shape index (κ1) is 21.7. The summed E-state index contributed by atoms with van der Waals surface area (Å²) in [5.41, 5.74) is 0. The zero-order chi connectivity index (χ0) is 17.8. The van der Waals surface area contributed by atoms with Crippen LogP contribution in [0.5, 0.6) is 0 Å². The van der Waals surface area contributed by atoms with E-state index < -0.39 is 8.80 Å². The van der Waals surface area contributed by atoms with E-state index in [0.717, 1.165) is 15.6 Å². The van der Waals surface area contributed by atoms with E-state index in [9.17, 15) is 0 Å². The molecule has 0 aromatic heterocycles. The van der Waals surface area contributed by atoms with Crippen molar-refractivity contribution in [1.29, 1.82) is 0 Å². The minimum Gasteiger partial charge on any atom is -0.412 e. The van der Waals surface area contributed by atoms with Gasteiger partial charge in [-0.3, -0.25) is 0 Å². The zero-order valence-corrected chi connectivity index (χ0v) is 18.3. The summed E-state index contributed by atoms with van der Waals surface area (Å²) in [5, 5.41) is 3.22. The Kier molecular flexibility index (Phi) is 10.9. The van der Waals surface area contributed by atoms with Gasteiger partial charge in [-0.2, -0.15) is 0 Å². The van der Waals surface area contributed by atoms with Crippen LogP contribution in [0.1, 0.15) is 34.6 Å². The first-order valence-corrected chi connectivity index (χ1v) is 12.0. The third kappa shape index (κ3) is 6.52. The Bertz CT molecular complexity index is 430. The van der Waals surface area contributed by atoms with Crippen LogP contribution in [-0.2, 0) is 22.1 Å². The minimum absolute atomic E-state index is 0.292. The predicted molar refractivity (Wildman–Crippen MR) is 101 cm³/mol. The SMILES string of the molecule is CCO[Si]c1cc([Si]OCC)cc([Si](OCC)(OCC)OCC)c1. The van der Waals surface area contributed by atoms with Gasteiger partial charge < -0.3 is 22.1 Å². The summed E-state index contributed by atoms with van der Waals surface area (Å²) < 4.78 is 29.3. The second-order valence-electron chi connectivity index (χ2n) is 4.72. The summed E-state index contributed by atoms with van der Waals surface area (Å²) in [4.78, 5) is 0. The fourth-order valence-electron chi connectivity index (χ4n) is 2.18. The summed E-state index contributed by atoms with van der Waals surface area (Å²) in [6, 6.07) is 6.33. The lowest BCUT2D eigenvalue weighted by atomic mass is 10.4. The lowest BCUT2D eigenvalue weighted by Crippen LogP contribution is -2.58. The highest BCUT2D eigenvalue weighted by atomic mass is 28.4. The molecule has 24 heavy (non-hydrogen) atoms. The van der Waals surface area contributed by atoms with Crippen LogP contribution in [0.4, 0.5) is 0 Å². The van der Waals surface area contributed by atoms with Crippen molar-refractivity contribution in [3.8, 4) is 0 Å². The molecule has 134 valence electrons. The molecule has 0 spiro atoms. The maximum absolute atomic E-state index is 6.03. The Hall–Kier alpha value is -0.329. The van der Waals surface area contributed by atoms with E-state index >= 15 is 0 Å². The van der Waals surface area contributed by atoms with Crippen LogP contribution >= 0.6 is 0 Å². The molecule has 5 nitrogen and oxygen atoms in total. The molecular formula is C16H28O5Si3. The molecule has 1 rings (SSSR count). The second kappa shape index (κ2) is 12.1. The molecule has 1 aromatic rings. The zero-order valence-electron chi connectivity index (χ0n) is 15.3. The highest BCUT2D eigenvalue weighted by Crippen LogP contribution is 2.10. The molecular weight excluding hydrogens is 356 g/mol. The van der Waals surface area contributed by atoms with Gasteiger partial charge in [-0.1, -0.05) is 18.2 Å². The van der Waals surface area contributed by atoms with Crippen LogP contribution < -0.4 is 15.6 Å². The van der Waals surface area contributed by atoms with E-state index in [1.807, 2.05) is 34.6 Å². The third-order valence-corrected chi connectivity index (χ3v) is 7.88. The van der Waals surface area contributed by atoms with Gasteiger partial charge in [0.2, 0.25) is 0 Å². The first-order valence-electron chi connectivity index (χ1n) is 8.48. The van der Waals surface area contributed by atoms with Crippen molar-refractivity contribution >= 4 is 43.9 Å². The van der Waals surface area contributed by atoms with E-state index in [-0.39, 0.29) is 0 Å². The molecule has 1 aromatic carbocycles. The molecule has 0 aliphatic rings. The van der Waals surface area contributed by atoms with Crippen molar-refractivity contribution < 1.29 is 22.1 Å². The third-order valence-electron chi connectivity index (χ3n) is 2.96. The summed E-state index contributed by atoms with van der Waals surface area (Å²) in [6.07, 6.45) is 0. The smallest absolute Gasteiger partial charge is 0.412 e. The maximum atomic E-state index is 6.03.